The number of amides is 1. The summed E-state index contributed by atoms with van der Waals surface area (Å²) in [5.41, 5.74) is 3.90. The van der Waals surface area contributed by atoms with Crippen LogP contribution < -0.4 is 5.32 Å². The number of carbonyl (C=O) groups is 1. The molecule has 2 aromatic rings. The van der Waals surface area contributed by atoms with Gasteiger partial charge in [0.05, 0.1) is 6.04 Å². The van der Waals surface area contributed by atoms with E-state index in [0.29, 0.717) is 12.0 Å². The summed E-state index contributed by atoms with van der Waals surface area (Å²) in [6.07, 6.45) is 1.38. The number of benzene rings is 2. The van der Waals surface area contributed by atoms with Gasteiger partial charge in [-0.15, -0.1) is 0 Å². The molecule has 2 N–H and O–H groups in total. The van der Waals surface area contributed by atoms with E-state index in [1.165, 1.54) is 0 Å². The van der Waals surface area contributed by atoms with Crippen LogP contribution in [0.2, 0.25) is 0 Å². The van der Waals surface area contributed by atoms with Crippen molar-refractivity contribution in [2.24, 2.45) is 0 Å². The van der Waals surface area contributed by atoms with Gasteiger partial charge in [0, 0.05) is 12.2 Å². The number of aryl methyl sites for hydroxylation is 1. The lowest BCUT2D eigenvalue weighted by molar-refractivity contribution is 0.0931. The number of nitrogens with one attached hydrogen (secondary N) is 1. The summed E-state index contributed by atoms with van der Waals surface area (Å²) in [7, 11) is 0. The van der Waals surface area contributed by atoms with Crippen molar-refractivity contribution in [3.63, 3.8) is 0 Å². The second-order valence-electron chi connectivity index (χ2n) is 5.55. The first kappa shape index (κ1) is 16.2. The molecule has 3 heteroatoms. The summed E-state index contributed by atoms with van der Waals surface area (Å²) in [5, 5.41) is 12.2. The van der Waals surface area contributed by atoms with Gasteiger partial charge in [-0.05, 0) is 49.4 Å². The molecule has 0 heterocycles. The highest BCUT2D eigenvalue weighted by molar-refractivity contribution is 5.96. The summed E-state index contributed by atoms with van der Waals surface area (Å²) in [6, 6.07) is 15.6. The Morgan fingerprint density at radius 2 is 1.82 bits per heavy atom. The van der Waals surface area contributed by atoms with Crippen LogP contribution in [0.3, 0.4) is 0 Å². The minimum absolute atomic E-state index is 0.0620. The van der Waals surface area contributed by atoms with Crippen LogP contribution in [0.4, 0.5) is 0 Å². The van der Waals surface area contributed by atoms with Gasteiger partial charge >= 0.3 is 0 Å². The van der Waals surface area contributed by atoms with Crippen LogP contribution in [0.5, 0.6) is 0 Å². The first-order valence-electron chi connectivity index (χ1n) is 7.66. The Kier molecular flexibility index (Phi) is 5.73. The molecule has 22 heavy (non-hydrogen) atoms. The van der Waals surface area contributed by atoms with Crippen molar-refractivity contribution in [1.29, 1.82) is 0 Å². The standard InChI is InChI=1S/C19H23NO2/c1-14-8-6-11-17(15(14)2)19(22)20-18(12-7-13-21)16-9-4-3-5-10-16/h3-6,8-11,18,21H,7,12-13H2,1-2H3,(H,20,22). The number of aliphatic hydroxyl groups excluding tert-OH is 1. The lowest BCUT2D eigenvalue weighted by atomic mass is 9.99. The molecule has 1 unspecified atom stereocenters. The highest BCUT2D eigenvalue weighted by Crippen LogP contribution is 2.20. The molecule has 0 aliphatic heterocycles. The fourth-order valence-electron chi connectivity index (χ4n) is 2.54. The maximum atomic E-state index is 12.6. The molecule has 1 amide bonds. The predicted molar refractivity (Wildman–Crippen MR) is 88.9 cm³/mol. The molecule has 0 spiro atoms. The molecule has 116 valence electrons. The highest BCUT2D eigenvalue weighted by Gasteiger charge is 2.17. The van der Waals surface area contributed by atoms with Gasteiger partial charge in [0.15, 0.2) is 0 Å². The van der Waals surface area contributed by atoms with Gasteiger partial charge in [0.1, 0.15) is 0 Å². The van der Waals surface area contributed by atoms with Crippen LogP contribution in [0, 0.1) is 13.8 Å². The monoisotopic (exact) mass is 297 g/mol. The summed E-state index contributed by atoms with van der Waals surface area (Å²) in [4.78, 5) is 12.6. The predicted octanol–water partition coefficient (Wildman–Crippen LogP) is 3.55. The van der Waals surface area contributed by atoms with Crippen LogP contribution >= 0.6 is 0 Å². The van der Waals surface area contributed by atoms with Crippen molar-refractivity contribution in [3.8, 4) is 0 Å². The molecular formula is C19H23NO2. The number of hydrogen-bond donors (Lipinski definition) is 2. The van der Waals surface area contributed by atoms with Crippen LogP contribution in [-0.2, 0) is 0 Å². The van der Waals surface area contributed by atoms with Crippen LogP contribution in [-0.4, -0.2) is 17.6 Å². The Morgan fingerprint density at radius 3 is 2.50 bits per heavy atom. The van der Waals surface area contributed by atoms with Crippen molar-refractivity contribution in [1.82, 2.24) is 5.32 Å². The molecule has 3 nitrogen and oxygen atoms in total. The van der Waals surface area contributed by atoms with E-state index in [0.717, 1.165) is 23.1 Å². The Bertz CT molecular complexity index is 623. The maximum absolute atomic E-state index is 12.6. The minimum atomic E-state index is -0.0826. The van der Waals surface area contributed by atoms with Crippen LogP contribution in [0.25, 0.3) is 0 Å². The van der Waals surface area contributed by atoms with Crippen molar-refractivity contribution in [2.45, 2.75) is 32.7 Å². The van der Waals surface area contributed by atoms with E-state index in [-0.39, 0.29) is 18.6 Å². The van der Waals surface area contributed by atoms with Gasteiger partial charge in [0.25, 0.3) is 5.91 Å². The van der Waals surface area contributed by atoms with E-state index >= 15 is 0 Å². The largest absolute Gasteiger partial charge is 0.396 e. The molecule has 0 saturated heterocycles. The second kappa shape index (κ2) is 7.76. The molecule has 0 saturated carbocycles. The van der Waals surface area contributed by atoms with E-state index in [1.807, 2.05) is 62.4 Å². The maximum Gasteiger partial charge on any atom is 0.252 e. The molecule has 2 aromatic carbocycles. The normalized spacial score (nSPS) is 12.0. The number of rotatable bonds is 6. The van der Waals surface area contributed by atoms with E-state index < -0.39 is 0 Å². The molecule has 0 aliphatic rings. The molecule has 0 aromatic heterocycles. The van der Waals surface area contributed by atoms with E-state index in [9.17, 15) is 4.79 Å². The molecule has 1 atom stereocenters. The first-order chi connectivity index (χ1) is 10.6. The summed E-state index contributed by atoms with van der Waals surface area (Å²) in [5.74, 6) is -0.0620. The minimum Gasteiger partial charge on any atom is -0.396 e. The Hall–Kier alpha value is -2.13. The van der Waals surface area contributed by atoms with Crippen molar-refractivity contribution in [2.75, 3.05) is 6.61 Å². The van der Waals surface area contributed by atoms with Crippen LogP contribution in [0.1, 0.15) is 45.9 Å². The topological polar surface area (TPSA) is 49.3 Å². The summed E-state index contributed by atoms with van der Waals surface area (Å²) in [6.45, 7) is 4.10. The molecule has 2 rings (SSSR count). The number of aliphatic hydroxyl groups is 1. The number of carbonyl (C=O) groups excluding carboxylic acids is 1. The zero-order valence-electron chi connectivity index (χ0n) is 13.2. The van der Waals surface area contributed by atoms with Gasteiger partial charge in [-0.2, -0.15) is 0 Å². The van der Waals surface area contributed by atoms with E-state index in [2.05, 4.69) is 5.32 Å². The van der Waals surface area contributed by atoms with Gasteiger partial charge in [-0.3, -0.25) is 4.79 Å². The van der Waals surface area contributed by atoms with Gasteiger partial charge in [0.2, 0.25) is 0 Å². The second-order valence-corrected chi connectivity index (χ2v) is 5.55. The Labute approximate surface area is 132 Å². The third kappa shape index (κ3) is 3.95. The third-order valence-corrected chi connectivity index (χ3v) is 4.01. The average Bonchev–Trinajstić information content (AvgIpc) is 2.54. The molecular weight excluding hydrogens is 274 g/mol. The zero-order valence-corrected chi connectivity index (χ0v) is 13.2. The molecule has 0 bridgehead atoms. The molecule has 0 aliphatic carbocycles. The fraction of sp³-hybridized carbons (Fsp3) is 0.316. The van der Waals surface area contributed by atoms with E-state index in [1.54, 1.807) is 0 Å². The van der Waals surface area contributed by atoms with Crippen molar-refractivity contribution < 1.29 is 9.90 Å². The van der Waals surface area contributed by atoms with Gasteiger partial charge < -0.3 is 10.4 Å². The number of hydrogen-bond acceptors (Lipinski definition) is 2. The smallest absolute Gasteiger partial charge is 0.252 e. The SMILES string of the molecule is Cc1cccc(C(=O)NC(CCCO)c2ccccc2)c1C. The summed E-state index contributed by atoms with van der Waals surface area (Å²) < 4.78 is 0. The third-order valence-electron chi connectivity index (χ3n) is 4.01. The zero-order chi connectivity index (χ0) is 15.9. The summed E-state index contributed by atoms with van der Waals surface area (Å²) >= 11 is 0. The fourth-order valence-corrected chi connectivity index (χ4v) is 2.54. The Morgan fingerprint density at radius 1 is 1.09 bits per heavy atom. The lowest BCUT2D eigenvalue weighted by Gasteiger charge is -2.20. The molecule has 0 radical (unpaired) electrons. The van der Waals surface area contributed by atoms with Crippen LogP contribution in [0.15, 0.2) is 48.5 Å². The Balaban J connectivity index is 2.19. The first-order valence-corrected chi connectivity index (χ1v) is 7.66. The molecule has 0 fully saturated rings. The van der Waals surface area contributed by atoms with Crippen molar-refractivity contribution >= 4 is 5.91 Å². The van der Waals surface area contributed by atoms with Crippen molar-refractivity contribution in [3.05, 3.63) is 70.8 Å². The van der Waals surface area contributed by atoms with E-state index in [4.69, 9.17) is 5.11 Å². The highest BCUT2D eigenvalue weighted by atomic mass is 16.3. The average molecular weight is 297 g/mol. The quantitative estimate of drug-likeness (QED) is 0.856. The van der Waals surface area contributed by atoms with Gasteiger partial charge in [-0.1, -0.05) is 42.5 Å². The van der Waals surface area contributed by atoms with Gasteiger partial charge in [-0.25, -0.2) is 0 Å². The lowest BCUT2D eigenvalue weighted by Crippen LogP contribution is -2.29.